The van der Waals surface area contributed by atoms with E-state index >= 15 is 0 Å². The van der Waals surface area contributed by atoms with Gasteiger partial charge in [0.05, 0.1) is 6.33 Å². The molecule has 0 atom stereocenters. The zero-order chi connectivity index (χ0) is 13.2. The summed E-state index contributed by atoms with van der Waals surface area (Å²) in [7, 11) is 0. The Balaban J connectivity index is 2.02. The van der Waals surface area contributed by atoms with Crippen molar-refractivity contribution in [2.45, 2.75) is 0 Å². The first-order valence-corrected chi connectivity index (χ1v) is 6.20. The second-order valence-corrected chi connectivity index (χ2v) is 4.68. The van der Waals surface area contributed by atoms with E-state index < -0.39 is 0 Å². The Morgan fingerprint density at radius 3 is 3.05 bits per heavy atom. The van der Waals surface area contributed by atoms with E-state index in [1.54, 1.807) is 24.4 Å². The van der Waals surface area contributed by atoms with Gasteiger partial charge in [-0.15, -0.1) is 0 Å². The number of phenolic OH excluding ortho intramolecular Hbond substituents is 1. The summed E-state index contributed by atoms with van der Waals surface area (Å²) in [4.78, 5) is 19.3. The van der Waals surface area contributed by atoms with Crippen LogP contribution in [0, 0.1) is 0 Å². The van der Waals surface area contributed by atoms with E-state index in [0.29, 0.717) is 22.5 Å². The number of aliphatic imine (C=N–C) groups is 1. The first kappa shape index (κ1) is 11.8. The van der Waals surface area contributed by atoms with E-state index in [9.17, 15) is 5.11 Å². The molecule has 0 saturated carbocycles. The molecule has 3 aromatic rings. The quantitative estimate of drug-likeness (QED) is 0.711. The van der Waals surface area contributed by atoms with Crippen LogP contribution in [0.4, 0.5) is 5.82 Å². The average molecular weight is 318 g/mol. The van der Waals surface area contributed by atoms with E-state index in [4.69, 9.17) is 0 Å². The van der Waals surface area contributed by atoms with Crippen molar-refractivity contribution >= 4 is 39.1 Å². The van der Waals surface area contributed by atoms with Crippen molar-refractivity contribution in [3.05, 3.63) is 40.9 Å². The number of aromatic hydroxyl groups is 1. The third kappa shape index (κ3) is 2.32. The Labute approximate surface area is 116 Å². The van der Waals surface area contributed by atoms with Gasteiger partial charge in [-0.05, 0) is 18.2 Å². The molecule has 0 fully saturated rings. The number of benzene rings is 1. The molecule has 2 N–H and O–H groups in total. The van der Waals surface area contributed by atoms with Crippen molar-refractivity contribution in [1.29, 1.82) is 0 Å². The molecule has 94 valence electrons. The number of hydrogen-bond acceptors (Lipinski definition) is 5. The van der Waals surface area contributed by atoms with Gasteiger partial charge in [0, 0.05) is 16.3 Å². The lowest BCUT2D eigenvalue weighted by molar-refractivity contribution is 0.474. The lowest BCUT2D eigenvalue weighted by Gasteiger charge is -1.99. The van der Waals surface area contributed by atoms with E-state index in [0.717, 1.165) is 4.47 Å². The van der Waals surface area contributed by atoms with Crippen LogP contribution in [0.5, 0.6) is 5.75 Å². The minimum atomic E-state index is 0.155. The van der Waals surface area contributed by atoms with E-state index in [-0.39, 0.29) is 5.75 Å². The molecule has 6 nitrogen and oxygen atoms in total. The van der Waals surface area contributed by atoms with Crippen molar-refractivity contribution in [3.63, 3.8) is 0 Å². The van der Waals surface area contributed by atoms with Crippen LogP contribution in [-0.2, 0) is 0 Å². The van der Waals surface area contributed by atoms with E-state index in [2.05, 4.69) is 40.9 Å². The Bertz CT molecular complexity index is 768. The van der Waals surface area contributed by atoms with Gasteiger partial charge in [0.25, 0.3) is 0 Å². The zero-order valence-electron chi connectivity index (χ0n) is 9.58. The Kier molecular flexibility index (Phi) is 2.96. The number of aromatic amines is 1. The monoisotopic (exact) mass is 317 g/mol. The Morgan fingerprint density at radius 2 is 2.16 bits per heavy atom. The van der Waals surface area contributed by atoms with Gasteiger partial charge in [0.15, 0.2) is 11.5 Å². The largest absolute Gasteiger partial charge is 0.507 e. The van der Waals surface area contributed by atoms with Crippen LogP contribution in [0.1, 0.15) is 5.56 Å². The molecule has 3 rings (SSSR count). The predicted molar refractivity (Wildman–Crippen MR) is 74.7 cm³/mol. The third-order valence-corrected chi connectivity index (χ3v) is 3.01. The molecule has 0 aliphatic rings. The van der Waals surface area contributed by atoms with Gasteiger partial charge in [-0.25, -0.2) is 19.9 Å². The zero-order valence-corrected chi connectivity index (χ0v) is 11.2. The maximum absolute atomic E-state index is 9.72. The molecule has 0 aliphatic heterocycles. The number of fused-ring (bicyclic) bond motifs is 1. The molecule has 0 radical (unpaired) electrons. The van der Waals surface area contributed by atoms with Crippen LogP contribution in [-0.4, -0.2) is 31.3 Å². The summed E-state index contributed by atoms with van der Waals surface area (Å²) in [6, 6.07) is 5.12. The van der Waals surface area contributed by atoms with Crippen LogP contribution in [0.15, 0.2) is 40.3 Å². The first-order chi connectivity index (χ1) is 9.24. The van der Waals surface area contributed by atoms with Crippen molar-refractivity contribution in [3.8, 4) is 5.75 Å². The fourth-order valence-corrected chi connectivity index (χ4v) is 1.99. The fourth-order valence-electron chi connectivity index (χ4n) is 1.61. The summed E-state index contributed by atoms with van der Waals surface area (Å²) in [5.74, 6) is 0.628. The van der Waals surface area contributed by atoms with E-state index in [1.807, 2.05) is 0 Å². The lowest BCUT2D eigenvalue weighted by Crippen LogP contribution is -1.85. The molecule has 2 heterocycles. The smallest absolute Gasteiger partial charge is 0.182 e. The molecule has 0 spiro atoms. The molecular formula is C12H8BrN5O. The molecule has 7 heteroatoms. The van der Waals surface area contributed by atoms with Gasteiger partial charge in [0.2, 0.25) is 0 Å². The second kappa shape index (κ2) is 4.77. The summed E-state index contributed by atoms with van der Waals surface area (Å²) in [6.07, 6.45) is 4.48. The maximum atomic E-state index is 9.72. The number of H-pyrrole nitrogens is 1. The molecule has 0 bridgehead atoms. The van der Waals surface area contributed by atoms with Gasteiger partial charge in [0.1, 0.15) is 17.6 Å². The number of aromatic nitrogens is 4. The number of phenols is 1. The van der Waals surface area contributed by atoms with Crippen LogP contribution in [0.3, 0.4) is 0 Å². The lowest BCUT2D eigenvalue weighted by atomic mass is 10.2. The van der Waals surface area contributed by atoms with Gasteiger partial charge in [-0.2, -0.15) is 0 Å². The summed E-state index contributed by atoms with van der Waals surface area (Å²) in [6.45, 7) is 0. The number of halogens is 1. The molecule has 0 amide bonds. The highest BCUT2D eigenvalue weighted by Crippen LogP contribution is 2.22. The topological polar surface area (TPSA) is 87.1 Å². The van der Waals surface area contributed by atoms with Gasteiger partial charge < -0.3 is 10.1 Å². The van der Waals surface area contributed by atoms with Gasteiger partial charge in [-0.1, -0.05) is 15.9 Å². The SMILES string of the molecule is Oc1ccc(Br)cc1C=Nc1ncnc2nc[nH]c12. The number of nitrogens with one attached hydrogen (secondary N) is 1. The van der Waals surface area contributed by atoms with E-state index in [1.165, 1.54) is 12.7 Å². The minimum Gasteiger partial charge on any atom is -0.507 e. The van der Waals surface area contributed by atoms with Crippen molar-refractivity contribution in [2.24, 2.45) is 4.99 Å². The van der Waals surface area contributed by atoms with Crippen molar-refractivity contribution < 1.29 is 5.11 Å². The normalized spacial score (nSPS) is 11.4. The molecule has 19 heavy (non-hydrogen) atoms. The summed E-state index contributed by atoms with van der Waals surface area (Å²) < 4.78 is 0.862. The third-order valence-electron chi connectivity index (χ3n) is 2.52. The fraction of sp³-hybridized carbons (Fsp3) is 0. The van der Waals surface area contributed by atoms with Crippen LogP contribution in [0.25, 0.3) is 11.2 Å². The van der Waals surface area contributed by atoms with Gasteiger partial charge >= 0.3 is 0 Å². The highest BCUT2D eigenvalue weighted by Gasteiger charge is 2.04. The standard InChI is InChI=1S/C12H8BrN5O/c13-8-1-2-9(19)7(3-8)4-14-11-10-12(16-5-15-10)18-6-17-11/h1-6,19H,(H,15,16,17,18). The van der Waals surface area contributed by atoms with Crippen LogP contribution < -0.4 is 0 Å². The van der Waals surface area contributed by atoms with Crippen molar-refractivity contribution in [2.75, 3.05) is 0 Å². The molecule has 1 aromatic carbocycles. The van der Waals surface area contributed by atoms with Gasteiger partial charge in [-0.3, -0.25) is 0 Å². The molecule has 0 unspecified atom stereocenters. The minimum absolute atomic E-state index is 0.155. The molecular weight excluding hydrogens is 310 g/mol. The molecule has 0 aliphatic carbocycles. The maximum Gasteiger partial charge on any atom is 0.182 e. The Morgan fingerprint density at radius 1 is 1.26 bits per heavy atom. The summed E-state index contributed by atoms with van der Waals surface area (Å²) in [5, 5.41) is 9.72. The Hall–Kier alpha value is -2.28. The number of hydrogen-bond donors (Lipinski definition) is 2. The molecule has 0 saturated heterocycles. The summed E-state index contributed by atoms with van der Waals surface area (Å²) in [5.41, 5.74) is 1.81. The highest BCUT2D eigenvalue weighted by molar-refractivity contribution is 9.10. The summed E-state index contributed by atoms with van der Waals surface area (Å²) >= 11 is 3.34. The second-order valence-electron chi connectivity index (χ2n) is 3.76. The highest BCUT2D eigenvalue weighted by atomic mass is 79.9. The van der Waals surface area contributed by atoms with Crippen molar-refractivity contribution in [1.82, 2.24) is 19.9 Å². The average Bonchev–Trinajstić information content (AvgIpc) is 2.88. The predicted octanol–water partition coefficient (Wildman–Crippen LogP) is 2.57. The van der Waals surface area contributed by atoms with Crippen LogP contribution in [0.2, 0.25) is 0 Å². The number of imidazole rings is 1. The van der Waals surface area contributed by atoms with Crippen LogP contribution >= 0.6 is 15.9 Å². The number of nitrogens with zero attached hydrogens (tertiary/aromatic N) is 4. The first-order valence-electron chi connectivity index (χ1n) is 5.41. The number of rotatable bonds is 2. The molecule has 2 aromatic heterocycles.